The fraction of sp³-hybridized carbons (Fsp3) is 0.222. The van der Waals surface area contributed by atoms with Crippen molar-refractivity contribution in [3.8, 4) is 0 Å². The van der Waals surface area contributed by atoms with Crippen molar-refractivity contribution in [2.75, 3.05) is 7.05 Å². The van der Waals surface area contributed by atoms with Crippen LogP contribution < -0.4 is 10.9 Å². The number of carbonyl (C=O) groups is 1. The molecule has 0 bridgehead atoms. The zero-order valence-corrected chi connectivity index (χ0v) is 9.12. The third-order valence-corrected chi connectivity index (χ3v) is 2.22. The highest BCUT2D eigenvalue weighted by atomic mass is 35.5. The topological polar surface area (TPSA) is 41.1 Å². The summed E-state index contributed by atoms with van der Waals surface area (Å²) >= 11 is 11.6. The van der Waals surface area contributed by atoms with Crippen molar-refractivity contribution in [2.45, 2.75) is 6.42 Å². The van der Waals surface area contributed by atoms with Gasteiger partial charge in [0, 0.05) is 17.1 Å². The number of carbonyl (C=O) groups excluding carboxylic acids is 1. The van der Waals surface area contributed by atoms with Crippen LogP contribution in [0.3, 0.4) is 0 Å². The maximum Gasteiger partial charge on any atom is 0.238 e. The summed E-state index contributed by atoms with van der Waals surface area (Å²) in [5.74, 6) is -0.142. The molecule has 2 N–H and O–H groups in total. The van der Waals surface area contributed by atoms with Crippen molar-refractivity contribution in [1.29, 1.82) is 0 Å². The third-order valence-electron chi connectivity index (χ3n) is 1.63. The van der Waals surface area contributed by atoms with E-state index in [0.717, 1.165) is 5.56 Å². The summed E-state index contributed by atoms with van der Waals surface area (Å²) in [6.07, 6.45) is 0.233. The SMILES string of the molecule is CNNC(=O)Cc1ccc(Cl)cc1Cl. The van der Waals surface area contributed by atoms with E-state index in [4.69, 9.17) is 23.2 Å². The molecular formula is C9H10Cl2N2O. The van der Waals surface area contributed by atoms with Crippen molar-refractivity contribution in [3.05, 3.63) is 33.8 Å². The number of benzene rings is 1. The molecule has 76 valence electrons. The van der Waals surface area contributed by atoms with Gasteiger partial charge in [0.15, 0.2) is 0 Å². The van der Waals surface area contributed by atoms with Gasteiger partial charge in [-0.25, -0.2) is 5.43 Å². The highest BCUT2D eigenvalue weighted by molar-refractivity contribution is 6.35. The van der Waals surface area contributed by atoms with Gasteiger partial charge >= 0.3 is 0 Å². The molecular weight excluding hydrogens is 223 g/mol. The van der Waals surface area contributed by atoms with E-state index in [-0.39, 0.29) is 12.3 Å². The molecule has 3 nitrogen and oxygen atoms in total. The molecule has 0 saturated heterocycles. The second-order valence-electron chi connectivity index (χ2n) is 2.71. The van der Waals surface area contributed by atoms with Gasteiger partial charge in [-0.05, 0) is 17.7 Å². The van der Waals surface area contributed by atoms with E-state index in [1.165, 1.54) is 0 Å². The standard InChI is InChI=1S/C9H10Cl2N2O/c1-12-13-9(14)4-6-2-3-7(10)5-8(6)11/h2-3,5,12H,4H2,1H3,(H,13,14). The molecule has 0 aromatic heterocycles. The predicted octanol–water partition coefficient (Wildman–Crippen LogP) is 1.79. The van der Waals surface area contributed by atoms with Crippen molar-refractivity contribution in [1.82, 2.24) is 10.9 Å². The van der Waals surface area contributed by atoms with Gasteiger partial charge in [0.2, 0.25) is 5.91 Å². The van der Waals surface area contributed by atoms with Crippen LogP contribution in [-0.4, -0.2) is 13.0 Å². The van der Waals surface area contributed by atoms with E-state index in [9.17, 15) is 4.79 Å². The lowest BCUT2D eigenvalue weighted by Gasteiger charge is -2.05. The van der Waals surface area contributed by atoms with Gasteiger partial charge in [-0.3, -0.25) is 10.2 Å². The lowest BCUT2D eigenvalue weighted by molar-refractivity contribution is -0.121. The monoisotopic (exact) mass is 232 g/mol. The van der Waals surface area contributed by atoms with Gasteiger partial charge in [-0.15, -0.1) is 0 Å². The van der Waals surface area contributed by atoms with E-state index in [0.29, 0.717) is 10.0 Å². The van der Waals surface area contributed by atoms with Gasteiger partial charge in [-0.2, -0.15) is 0 Å². The Morgan fingerprint density at radius 2 is 2.14 bits per heavy atom. The molecule has 1 amide bonds. The molecule has 0 heterocycles. The van der Waals surface area contributed by atoms with Crippen molar-refractivity contribution < 1.29 is 4.79 Å². The average molecular weight is 233 g/mol. The zero-order chi connectivity index (χ0) is 10.6. The Labute approximate surface area is 92.4 Å². The van der Waals surface area contributed by atoms with Crippen LogP contribution in [0.15, 0.2) is 18.2 Å². The fourth-order valence-corrected chi connectivity index (χ4v) is 1.50. The first kappa shape index (κ1) is 11.3. The first-order valence-corrected chi connectivity index (χ1v) is 4.78. The smallest absolute Gasteiger partial charge is 0.238 e. The molecule has 0 radical (unpaired) electrons. The van der Waals surface area contributed by atoms with Crippen LogP contribution in [0.4, 0.5) is 0 Å². The zero-order valence-electron chi connectivity index (χ0n) is 7.60. The van der Waals surface area contributed by atoms with Crippen molar-refractivity contribution in [2.24, 2.45) is 0 Å². The fourth-order valence-electron chi connectivity index (χ4n) is 1.02. The van der Waals surface area contributed by atoms with Crippen LogP contribution in [0.5, 0.6) is 0 Å². The number of rotatable bonds is 3. The summed E-state index contributed by atoms with van der Waals surface area (Å²) in [4.78, 5) is 11.2. The Bertz CT molecular complexity index is 342. The van der Waals surface area contributed by atoms with Gasteiger partial charge < -0.3 is 0 Å². The van der Waals surface area contributed by atoms with Crippen molar-refractivity contribution in [3.63, 3.8) is 0 Å². The van der Waals surface area contributed by atoms with E-state index < -0.39 is 0 Å². The summed E-state index contributed by atoms with van der Waals surface area (Å²) in [7, 11) is 1.63. The Balaban J connectivity index is 2.72. The summed E-state index contributed by atoms with van der Waals surface area (Å²) in [6.45, 7) is 0. The Morgan fingerprint density at radius 1 is 1.43 bits per heavy atom. The Kier molecular flexibility index (Phi) is 4.20. The van der Waals surface area contributed by atoms with E-state index in [2.05, 4.69) is 10.9 Å². The molecule has 0 aliphatic heterocycles. The molecule has 0 aliphatic rings. The molecule has 1 aromatic rings. The van der Waals surface area contributed by atoms with Gasteiger partial charge in [0.05, 0.1) is 6.42 Å². The molecule has 0 atom stereocenters. The second-order valence-corrected chi connectivity index (χ2v) is 3.55. The first-order chi connectivity index (χ1) is 6.63. The quantitative estimate of drug-likeness (QED) is 0.781. The van der Waals surface area contributed by atoms with E-state index in [1.807, 2.05) is 0 Å². The highest BCUT2D eigenvalue weighted by Crippen LogP contribution is 2.21. The molecule has 0 unspecified atom stereocenters. The van der Waals surface area contributed by atoms with Crippen molar-refractivity contribution >= 4 is 29.1 Å². The summed E-state index contributed by atoms with van der Waals surface area (Å²) in [5, 5.41) is 1.07. The normalized spacial score (nSPS) is 9.93. The molecule has 0 saturated carbocycles. The summed E-state index contributed by atoms with van der Waals surface area (Å²) < 4.78 is 0. The molecule has 1 aromatic carbocycles. The molecule has 0 spiro atoms. The minimum absolute atomic E-state index is 0.142. The lowest BCUT2D eigenvalue weighted by atomic mass is 10.1. The van der Waals surface area contributed by atoms with Crippen LogP contribution in [0.1, 0.15) is 5.56 Å². The largest absolute Gasteiger partial charge is 0.292 e. The number of hydrogen-bond acceptors (Lipinski definition) is 2. The van der Waals surface area contributed by atoms with Crippen LogP contribution in [0.2, 0.25) is 10.0 Å². The third kappa shape index (κ3) is 3.18. The Hall–Kier alpha value is -0.770. The first-order valence-electron chi connectivity index (χ1n) is 4.03. The number of hydrazine groups is 1. The average Bonchev–Trinajstić information content (AvgIpc) is 2.10. The van der Waals surface area contributed by atoms with Crippen LogP contribution in [0, 0.1) is 0 Å². The van der Waals surface area contributed by atoms with E-state index >= 15 is 0 Å². The predicted molar refractivity (Wildman–Crippen MR) is 57.4 cm³/mol. The number of nitrogens with one attached hydrogen (secondary N) is 2. The number of halogens is 2. The molecule has 1 rings (SSSR count). The van der Waals surface area contributed by atoms with E-state index in [1.54, 1.807) is 25.2 Å². The minimum Gasteiger partial charge on any atom is -0.292 e. The number of hydrogen-bond donors (Lipinski definition) is 2. The van der Waals surface area contributed by atoms with Crippen LogP contribution in [-0.2, 0) is 11.2 Å². The van der Waals surface area contributed by atoms with Gasteiger partial charge in [0.1, 0.15) is 0 Å². The molecule has 5 heteroatoms. The minimum atomic E-state index is -0.142. The molecule has 0 aliphatic carbocycles. The molecule has 14 heavy (non-hydrogen) atoms. The summed E-state index contributed by atoms with van der Waals surface area (Å²) in [6, 6.07) is 5.06. The molecule has 0 fully saturated rings. The lowest BCUT2D eigenvalue weighted by Crippen LogP contribution is -2.35. The van der Waals surface area contributed by atoms with Crippen LogP contribution in [0.25, 0.3) is 0 Å². The summed E-state index contributed by atoms with van der Waals surface area (Å²) in [5.41, 5.74) is 5.76. The second kappa shape index (κ2) is 5.20. The Morgan fingerprint density at radius 3 is 2.71 bits per heavy atom. The van der Waals surface area contributed by atoms with Gasteiger partial charge in [-0.1, -0.05) is 29.3 Å². The maximum absolute atomic E-state index is 11.2. The maximum atomic E-state index is 11.2. The highest BCUT2D eigenvalue weighted by Gasteiger charge is 2.06. The van der Waals surface area contributed by atoms with Gasteiger partial charge in [0.25, 0.3) is 0 Å². The van der Waals surface area contributed by atoms with Crippen LogP contribution >= 0.6 is 23.2 Å². The number of amides is 1.